The lowest BCUT2D eigenvalue weighted by atomic mass is 10.1. The zero-order chi connectivity index (χ0) is 13.1. The van der Waals surface area contributed by atoms with Crippen LogP contribution in [0.1, 0.15) is 36.8 Å². The third-order valence-electron chi connectivity index (χ3n) is 4.48. The van der Waals surface area contributed by atoms with Crippen molar-refractivity contribution in [2.45, 2.75) is 38.8 Å². The molecule has 0 atom stereocenters. The number of hydrogen-bond donors (Lipinski definition) is 1. The second-order valence-electron chi connectivity index (χ2n) is 5.95. The molecule has 0 radical (unpaired) electrons. The van der Waals surface area contributed by atoms with Gasteiger partial charge in [-0.1, -0.05) is 12.1 Å². The van der Waals surface area contributed by atoms with Crippen molar-refractivity contribution in [2.75, 3.05) is 31.9 Å². The lowest BCUT2D eigenvalue weighted by Gasteiger charge is -2.17. The number of benzene rings is 1. The Kier molecular flexibility index (Phi) is 4.04. The maximum atomic E-state index is 6.04. The monoisotopic (exact) mass is 259 g/mol. The number of nitrogens with zero attached hydrogens (tertiary/aromatic N) is 2. The lowest BCUT2D eigenvalue weighted by molar-refractivity contribution is 0.263. The Morgan fingerprint density at radius 1 is 0.947 bits per heavy atom. The third-order valence-corrected chi connectivity index (χ3v) is 4.48. The van der Waals surface area contributed by atoms with Crippen molar-refractivity contribution in [1.82, 2.24) is 9.80 Å². The Labute approximate surface area is 116 Å². The van der Waals surface area contributed by atoms with Gasteiger partial charge in [-0.3, -0.25) is 4.90 Å². The van der Waals surface area contributed by atoms with Gasteiger partial charge in [0.15, 0.2) is 0 Å². The fraction of sp³-hybridized carbons (Fsp3) is 0.625. The van der Waals surface area contributed by atoms with Crippen molar-refractivity contribution >= 4 is 5.69 Å². The van der Waals surface area contributed by atoms with E-state index in [0.717, 1.165) is 18.8 Å². The van der Waals surface area contributed by atoms with Crippen LogP contribution in [-0.4, -0.2) is 36.0 Å². The van der Waals surface area contributed by atoms with Gasteiger partial charge in [0.2, 0.25) is 0 Å². The van der Waals surface area contributed by atoms with Gasteiger partial charge in [0.05, 0.1) is 0 Å². The minimum atomic E-state index is 0.970. The first kappa shape index (κ1) is 12.9. The van der Waals surface area contributed by atoms with Gasteiger partial charge in [-0.15, -0.1) is 0 Å². The smallest absolute Gasteiger partial charge is 0.0363 e. The molecule has 2 aliphatic heterocycles. The topological polar surface area (TPSA) is 32.5 Å². The Balaban J connectivity index is 1.40. The van der Waals surface area contributed by atoms with Gasteiger partial charge >= 0.3 is 0 Å². The van der Waals surface area contributed by atoms with Gasteiger partial charge < -0.3 is 10.6 Å². The van der Waals surface area contributed by atoms with E-state index >= 15 is 0 Å². The van der Waals surface area contributed by atoms with Crippen molar-refractivity contribution < 1.29 is 0 Å². The molecule has 3 nitrogen and oxygen atoms in total. The third kappa shape index (κ3) is 3.10. The fourth-order valence-corrected chi connectivity index (χ4v) is 3.35. The molecule has 0 amide bonds. The Bertz CT molecular complexity index is 424. The summed E-state index contributed by atoms with van der Waals surface area (Å²) in [5.41, 5.74) is 9.80. The molecule has 0 aliphatic carbocycles. The highest BCUT2D eigenvalue weighted by Gasteiger charge is 2.20. The number of unbranched alkanes of at least 4 members (excludes halogenated alkanes) is 1. The average Bonchev–Trinajstić information content (AvgIpc) is 3.04. The van der Waals surface area contributed by atoms with Crippen LogP contribution >= 0.6 is 0 Å². The summed E-state index contributed by atoms with van der Waals surface area (Å²) >= 11 is 0. The maximum absolute atomic E-state index is 6.04. The normalized spacial score (nSPS) is 20.0. The summed E-state index contributed by atoms with van der Waals surface area (Å²) in [6.45, 7) is 7.29. The highest BCUT2D eigenvalue weighted by atomic mass is 15.1. The van der Waals surface area contributed by atoms with Crippen molar-refractivity contribution in [3.05, 3.63) is 29.3 Å². The van der Waals surface area contributed by atoms with Crippen LogP contribution in [0.4, 0.5) is 5.69 Å². The van der Waals surface area contributed by atoms with Gasteiger partial charge in [-0.2, -0.15) is 0 Å². The van der Waals surface area contributed by atoms with Crippen LogP contribution in [0, 0.1) is 0 Å². The molecule has 2 aliphatic rings. The van der Waals surface area contributed by atoms with Gasteiger partial charge in [0, 0.05) is 18.8 Å². The number of fused-ring (bicyclic) bond motifs is 1. The molecule has 3 rings (SSSR count). The van der Waals surface area contributed by atoms with Crippen LogP contribution in [0.25, 0.3) is 0 Å². The molecule has 0 saturated carbocycles. The van der Waals surface area contributed by atoms with Crippen molar-refractivity contribution in [2.24, 2.45) is 0 Å². The van der Waals surface area contributed by atoms with Crippen LogP contribution in [0.5, 0.6) is 0 Å². The van der Waals surface area contributed by atoms with E-state index in [1.54, 1.807) is 0 Å². The standard InChI is InChI=1S/C16H25N3/c17-16-7-5-6-14-12-19(13-15(14)16)11-4-3-10-18-8-1-2-9-18/h5-7H,1-4,8-13,17H2. The summed E-state index contributed by atoms with van der Waals surface area (Å²) in [7, 11) is 0. The molecule has 19 heavy (non-hydrogen) atoms. The zero-order valence-electron chi connectivity index (χ0n) is 11.8. The van der Waals surface area contributed by atoms with Crippen molar-refractivity contribution in [1.29, 1.82) is 0 Å². The molecule has 104 valence electrons. The van der Waals surface area contributed by atoms with Crippen LogP contribution in [0.3, 0.4) is 0 Å². The number of anilines is 1. The highest BCUT2D eigenvalue weighted by Crippen LogP contribution is 2.27. The average molecular weight is 259 g/mol. The first-order valence-corrected chi connectivity index (χ1v) is 7.64. The fourth-order valence-electron chi connectivity index (χ4n) is 3.35. The molecular weight excluding hydrogens is 234 g/mol. The molecule has 2 heterocycles. The second kappa shape index (κ2) is 5.93. The maximum Gasteiger partial charge on any atom is 0.0363 e. The number of likely N-dealkylation sites (tertiary alicyclic amines) is 1. The molecule has 1 aromatic carbocycles. The predicted octanol–water partition coefficient (Wildman–Crippen LogP) is 2.46. The molecule has 1 saturated heterocycles. The molecule has 1 fully saturated rings. The molecule has 0 aromatic heterocycles. The lowest BCUT2D eigenvalue weighted by Crippen LogP contribution is -2.22. The molecule has 1 aromatic rings. The van der Waals surface area contributed by atoms with E-state index in [2.05, 4.69) is 21.9 Å². The Hall–Kier alpha value is -1.06. The molecule has 2 N–H and O–H groups in total. The number of rotatable bonds is 5. The summed E-state index contributed by atoms with van der Waals surface area (Å²) in [6.07, 6.45) is 5.45. The quantitative estimate of drug-likeness (QED) is 0.651. The second-order valence-corrected chi connectivity index (χ2v) is 5.95. The summed E-state index contributed by atoms with van der Waals surface area (Å²) < 4.78 is 0. The van der Waals surface area contributed by atoms with E-state index in [-0.39, 0.29) is 0 Å². The summed E-state index contributed by atoms with van der Waals surface area (Å²) in [5, 5.41) is 0. The van der Waals surface area contributed by atoms with Crippen LogP contribution in [0.2, 0.25) is 0 Å². The number of nitrogens with two attached hydrogens (primary N) is 1. The van der Waals surface area contributed by atoms with E-state index in [0.29, 0.717) is 0 Å². The minimum Gasteiger partial charge on any atom is -0.398 e. The summed E-state index contributed by atoms with van der Waals surface area (Å²) in [5.74, 6) is 0. The van der Waals surface area contributed by atoms with Gasteiger partial charge in [-0.05, 0) is 69.1 Å². The Morgan fingerprint density at radius 2 is 1.68 bits per heavy atom. The SMILES string of the molecule is Nc1cccc2c1CN(CCCCN1CCCC1)C2. The van der Waals surface area contributed by atoms with E-state index in [4.69, 9.17) is 5.73 Å². The minimum absolute atomic E-state index is 0.970. The Morgan fingerprint density at radius 3 is 2.42 bits per heavy atom. The molecule has 3 heteroatoms. The summed E-state index contributed by atoms with van der Waals surface area (Å²) in [4.78, 5) is 5.14. The number of hydrogen-bond acceptors (Lipinski definition) is 3. The zero-order valence-corrected chi connectivity index (χ0v) is 11.8. The van der Waals surface area contributed by atoms with Crippen molar-refractivity contribution in [3.8, 4) is 0 Å². The van der Waals surface area contributed by atoms with Gasteiger partial charge in [-0.25, -0.2) is 0 Å². The highest BCUT2D eigenvalue weighted by molar-refractivity contribution is 5.52. The predicted molar refractivity (Wildman–Crippen MR) is 79.9 cm³/mol. The van der Waals surface area contributed by atoms with E-state index < -0.39 is 0 Å². The van der Waals surface area contributed by atoms with Crippen LogP contribution in [0.15, 0.2) is 18.2 Å². The molecule has 0 unspecified atom stereocenters. The molecule has 0 spiro atoms. The van der Waals surface area contributed by atoms with Crippen LogP contribution in [-0.2, 0) is 13.1 Å². The van der Waals surface area contributed by atoms with E-state index in [1.165, 1.54) is 63.0 Å². The number of nitrogen functional groups attached to an aromatic ring is 1. The molecule has 0 bridgehead atoms. The largest absolute Gasteiger partial charge is 0.398 e. The molecular formula is C16H25N3. The van der Waals surface area contributed by atoms with E-state index in [1.807, 2.05) is 6.07 Å². The van der Waals surface area contributed by atoms with Gasteiger partial charge in [0.1, 0.15) is 0 Å². The van der Waals surface area contributed by atoms with E-state index in [9.17, 15) is 0 Å². The summed E-state index contributed by atoms with van der Waals surface area (Å²) in [6, 6.07) is 6.32. The van der Waals surface area contributed by atoms with Crippen LogP contribution < -0.4 is 5.73 Å². The first-order valence-electron chi connectivity index (χ1n) is 7.64. The first-order chi connectivity index (χ1) is 9.33. The van der Waals surface area contributed by atoms with Gasteiger partial charge in [0.25, 0.3) is 0 Å². The van der Waals surface area contributed by atoms with Crippen molar-refractivity contribution in [3.63, 3.8) is 0 Å².